The third-order valence-corrected chi connectivity index (χ3v) is 6.25. The summed E-state index contributed by atoms with van der Waals surface area (Å²) in [4.78, 5) is 14.6. The zero-order chi connectivity index (χ0) is 19.9. The van der Waals surface area contributed by atoms with Crippen LogP contribution < -0.4 is 0 Å². The fourth-order valence-electron chi connectivity index (χ4n) is 3.31. The standard InChI is InChI=1S/C22H26INO4/c1-16(20-13-12-19(23)21(25)28-20)24(14-17-8-4-2-5-9-17)22(26)27-15-18-10-6-3-7-11-18/h2-11,16,19-21,25H,12-15H2,1H3/t16-,19?,20?,21?/m1/s1. The fraction of sp³-hybridized carbons (Fsp3) is 0.409. The van der Waals surface area contributed by atoms with Crippen LogP contribution in [-0.4, -0.2) is 38.5 Å². The molecule has 2 aromatic rings. The molecule has 4 atom stereocenters. The molecule has 1 amide bonds. The Morgan fingerprint density at radius 2 is 1.75 bits per heavy atom. The quantitative estimate of drug-likeness (QED) is 0.473. The molecule has 1 heterocycles. The van der Waals surface area contributed by atoms with E-state index in [2.05, 4.69) is 22.6 Å². The Labute approximate surface area is 179 Å². The average molecular weight is 495 g/mol. The van der Waals surface area contributed by atoms with Gasteiger partial charge in [0.1, 0.15) is 6.61 Å². The molecule has 2 aromatic carbocycles. The van der Waals surface area contributed by atoms with Crippen LogP contribution in [0.4, 0.5) is 4.79 Å². The second-order valence-electron chi connectivity index (χ2n) is 7.05. The van der Waals surface area contributed by atoms with Crippen molar-refractivity contribution >= 4 is 28.7 Å². The molecule has 3 unspecified atom stereocenters. The topological polar surface area (TPSA) is 59.0 Å². The van der Waals surface area contributed by atoms with Crippen LogP contribution in [0.2, 0.25) is 0 Å². The van der Waals surface area contributed by atoms with Crippen molar-refractivity contribution in [1.29, 1.82) is 0 Å². The van der Waals surface area contributed by atoms with Gasteiger partial charge in [0.05, 0.1) is 16.1 Å². The molecular formula is C22H26INO4. The van der Waals surface area contributed by atoms with Crippen molar-refractivity contribution in [1.82, 2.24) is 4.90 Å². The number of aliphatic hydroxyl groups excluding tert-OH is 1. The molecule has 0 bridgehead atoms. The molecular weight excluding hydrogens is 469 g/mol. The van der Waals surface area contributed by atoms with Gasteiger partial charge in [-0.3, -0.25) is 4.90 Å². The Bertz CT molecular complexity index is 743. The van der Waals surface area contributed by atoms with Gasteiger partial charge >= 0.3 is 6.09 Å². The maximum atomic E-state index is 12.9. The molecule has 0 radical (unpaired) electrons. The van der Waals surface area contributed by atoms with Gasteiger partial charge in [-0.25, -0.2) is 4.79 Å². The van der Waals surface area contributed by atoms with Crippen molar-refractivity contribution in [3.05, 3.63) is 71.8 Å². The van der Waals surface area contributed by atoms with Crippen LogP contribution in [0, 0.1) is 0 Å². The summed E-state index contributed by atoms with van der Waals surface area (Å²) >= 11 is 2.21. The first kappa shape index (κ1) is 21.1. The van der Waals surface area contributed by atoms with Gasteiger partial charge in [0, 0.05) is 6.54 Å². The highest BCUT2D eigenvalue weighted by atomic mass is 127. The highest BCUT2D eigenvalue weighted by Crippen LogP contribution is 2.28. The summed E-state index contributed by atoms with van der Waals surface area (Å²) in [5.74, 6) is 0. The highest BCUT2D eigenvalue weighted by molar-refractivity contribution is 14.1. The molecule has 0 aliphatic carbocycles. The van der Waals surface area contributed by atoms with E-state index in [0.29, 0.717) is 6.54 Å². The number of amides is 1. The van der Waals surface area contributed by atoms with Crippen molar-refractivity contribution in [2.75, 3.05) is 0 Å². The molecule has 6 heteroatoms. The minimum absolute atomic E-state index is 0.0775. The van der Waals surface area contributed by atoms with Crippen LogP contribution >= 0.6 is 22.6 Å². The van der Waals surface area contributed by atoms with Gasteiger partial charge in [-0.05, 0) is 30.9 Å². The average Bonchev–Trinajstić information content (AvgIpc) is 2.73. The van der Waals surface area contributed by atoms with Crippen LogP contribution in [-0.2, 0) is 22.6 Å². The molecule has 1 saturated heterocycles. The molecule has 3 rings (SSSR count). The normalized spacial score (nSPS) is 23.0. The third-order valence-electron chi connectivity index (χ3n) is 5.02. The molecule has 1 aliphatic heterocycles. The van der Waals surface area contributed by atoms with Gasteiger partial charge in [-0.15, -0.1) is 0 Å². The maximum absolute atomic E-state index is 12.9. The molecule has 1 fully saturated rings. The number of halogens is 1. The highest BCUT2D eigenvalue weighted by Gasteiger charge is 2.35. The van der Waals surface area contributed by atoms with E-state index in [1.54, 1.807) is 4.90 Å². The lowest BCUT2D eigenvalue weighted by Crippen LogP contribution is -2.50. The zero-order valence-electron chi connectivity index (χ0n) is 15.9. The van der Waals surface area contributed by atoms with E-state index >= 15 is 0 Å². The number of aliphatic hydroxyl groups is 1. The van der Waals surface area contributed by atoms with Crippen LogP contribution in [0.25, 0.3) is 0 Å². The lowest BCUT2D eigenvalue weighted by Gasteiger charge is -2.38. The first-order valence-electron chi connectivity index (χ1n) is 9.53. The molecule has 0 spiro atoms. The molecule has 0 saturated carbocycles. The Morgan fingerprint density at radius 3 is 2.36 bits per heavy atom. The van der Waals surface area contributed by atoms with Gasteiger partial charge in [-0.1, -0.05) is 83.3 Å². The summed E-state index contributed by atoms with van der Waals surface area (Å²) in [7, 11) is 0. The Morgan fingerprint density at radius 1 is 1.14 bits per heavy atom. The van der Waals surface area contributed by atoms with Crippen molar-refractivity contribution < 1.29 is 19.4 Å². The number of rotatable bonds is 6. The van der Waals surface area contributed by atoms with Gasteiger partial charge in [0.15, 0.2) is 6.29 Å². The van der Waals surface area contributed by atoms with Gasteiger partial charge in [0.25, 0.3) is 0 Å². The zero-order valence-corrected chi connectivity index (χ0v) is 18.1. The summed E-state index contributed by atoms with van der Waals surface area (Å²) in [6, 6.07) is 19.2. The Balaban J connectivity index is 1.71. The smallest absolute Gasteiger partial charge is 0.410 e. The summed E-state index contributed by atoms with van der Waals surface area (Å²) in [5.41, 5.74) is 1.97. The van der Waals surface area contributed by atoms with Crippen LogP contribution in [0.15, 0.2) is 60.7 Å². The lowest BCUT2D eigenvalue weighted by atomic mass is 10.0. The van der Waals surface area contributed by atoms with Crippen molar-refractivity contribution in [2.45, 2.75) is 55.3 Å². The molecule has 0 aromatic heterocycles. The Hall–Kier alpha value is -1.64. The maximum Gasteiger partial charge on any atom is 0.410 e. The van der Waals surface area contributed by atoms with Gasteiger partial charge in [0.2, 0.25) is 0 Å². The molecule has 5 nitrogen and oxygen atoms in total. The third kappa shape index (κ3) is 5.68. The number of alkyl halides is 1. The van der Waals surface area contributed by atoms with Crippen molar-refractivity contribution in [3.63, 3.8) is 0 Å². The van der Waals surface area contributed by atoms with Crippen LogP contribution in [0.5, 0.6) is 0 Å². The number of carbonyl (C=O) groups excluding carboxylic acids is 1. The van der Waals surface area contributed by atoms with E-state index in [-0.39, 0.29) is 28.8 Å². The molecule has 150 valence electrons. The second-order valence-corrected chi connectivity index (χ2v) is 8.65. The second kappa shape index (κ2) is 10.2. The predicted molar refractivity (Wildman–Crippen MR) is 116 cm³/mol. The fourth-order valence-corrected chi connectivity index (χ4v) is 3.84. The lowest BCUT2D eigenvalue weighted by molar-refractivity contribution is -0.171. The summed E-state index contributed by atoms with van der Waals surface area (Å²) in [6.07, 6.45) is 0.238. The summed E-state index contributed by atoms with van der Waals surface area (Å²) in [6.45, 7) is 2.61. The van der Waals surface area contributed by atoms with E-state index in [0.717, 1.165) is 24.0 Å². The van der Waals surface area contributed by atoms with Crippen molar-refractivity contribution in [2.24, 2.45) is 0 Å². The minimum atomic E-state index is -0.805. The SMILES string of the molecule is C[C@H](C1CCC(I)C(O)O1)N(Cc1ccccc1)C(=O)OCc1ccccc1. The van der Waals surface area contributed by atoms with E-state index in [1.165, 1.54) is 0 Å². The minimum Gasteiger partial charge on any atom is -0.445 e. The van der Waals surface area contributed by atoms with Crippen molar-refractivity contribution in [3.8, 4) is 0 Å². The largest absolute Gasteiger partial charge is 0.445 e. The van der Waals surface area contributed by atoms with E-state index in [9.17, 15) is 9.90 Å². The number of hydrogen-bond donors (Lipinski definition) is 1. The van der Waals surface area contributed by atoms with E-state index in [4.69, 9.17) is 9.47 Å². The van der Waals surface area contributed by atoms with Crippen LogP contribution in [0.1, 0.15) is 30.9 Å². The summed E-state index contributed by atoms with van der Waals surface area (Å²) < 4.78 is 11.5. The molecule has 28 heavy (non-hydrogen) atoms. The van der Waals surface area contributed by atoms with E-state index in [1.807, 2.05) is 67.6 Å². The monoisotopic (exact) mass is 495 g/mol. The number of ether oxygens (including phenoxy) is 2. The van der Waals surface area contributed by atoms with Crippen LogP contribution in [0.3, 0.4) is 0 Å². The molecule has 1 aliphatic rings. The van der Waals surface area contributed by atoms with Gasteiger partial charge in [-0.2, -0.15) is 0 Å². The number of hydrogen-bond acceptors (Lipinski definition) is 4. The Kier molecular flexibility index (Phi) is 7.70. The predicted octanol–water partition coefficient (Wildman–Crippen LogP) is 4.51. The number of carbonyl (C=O) groups is 1. The first-order valence-corrected chi connectivity index (χ1v) is 10.8. The number of benzene rings is 2. The van der Waals surface area contributed by atoms with Gasteiger partial charge < -0.3 is 14.6 Å². The first-order chi connectivity index (χ1) is 13.5. The van der Waals surface area contributed by atoms with E-state index < -0.39 is 6.29 Å². The number of nitrogens with zero attached hydrogens (tertiary/aromatic N) is 1. The summed E-state index contributed by atoms with van der Waals surface area (Å²) in [5, 5.41) is 10.1. The molecule has 1 N–H and O–H groups in total.